The van der Waals surface area contributed by atoms with E-state index < -0.39 is 0 Å². The molecule has 0 aliphatic heterocycles. The second-order valence-corrected chi connectivity index (χ2v) is 6.09. The van der Waals surface area contributed by atoms with Gasteiger partial charge in [-0.05, 0) is 57.3 Å². The second kappa shape index (κ2) is 5.55. The summed E-state index contributed by atoms with van der Waals surface area (Å²) in [5.74, 6) is 0.442. The van der Waals surface area contributed by atoms with Crippen molar-refractivity contribution >= 4 is 0 Å². The number of aromatic nitrogens is 1. The molecule has 0 spiro atoms. The summed E-state index contributed by atoms with van der Waals surface area (Å²) in [6.45, 7) is 2.29. The van der Waals surface area contributed by atoms with Gasteiger partial charge in [0.1, 0.15) is 5.82 Å². The molecule has 1 aromatic rings. The van der Waals surface area contributed by atoms with E-state index in [-0.39, 0.29) is 17.4 Å². The van der Waals surface area contributed by atoms with Gasteiger partial charge in [-0.3, -0.25) is 4.98 Å². The number of nitrogens with zero attached hydrogens (tertiary/aromatic N) is 2. The van der Waals surface area contributed by atoms with E-state index in [0.717, 1.165) is 24.3 Å². The number of hydrogen-bond donors (Lipinski definition) is 1. The molecule has 0 aromatic carbocycles. The van der Waals surface area contributed by atoms with E-state index in [4.69, 9.17) is 5.73 Å². The van der Waals surface area contributed by atoms with E-state index in [1.165, 1.54) is 25.1 Å². The number of nitrogens with two attached hydrogens (primary N) is 1. The Morgan fingerprint density at radius 2 is 2.00 bits per heavy atom. The SMILES string of the molecule is CC1CCC(C(N)c2cncc(F)c2)(N(C)C)CC1. The van der Waals surface area contributed by atoms with Crippen molar-refractivity contribution in [3.63, 3.8) is 0 Å². The van der Waals surface area contributed by atoms with Gasteiger partial charge in [0.25, 0.3) is 0 Å². The van der Waals surface area contributed by atoms with Crippen LogP contribution in [0.3, 0.4) is 0 Å². The molecule has 3 nitrogen and oxygen atoms in total. The highest BCUT2D eigenvalue weighted by atomic mass is 19.1. The topological polar surface area (TPSA) is 42.1 Å². The normalized spacial score (nSPS) is 29.5. The maximum absolute atomic E-state index is 13.4. The Bertz CT molecular complexity index is 425. The fourth-order valence-electron chi connectivity index (χ4n) is 3.21. The molecule has 0 saturated heterocycles. The van der Waals surface area contributed by atoms with Crippen LogP contribution in [0.2, 0.25) is 0 Å². The van der Waals surface area contributed by atoms with Gasteiger partial charge in [-0.15, -0.1) is 0 Å². The third kappa shape index (κ3) is 2.79. The molecule has 0 amide bonds. The summed E-state index contributed by atoms with van der Waals surface area (Å²) in [7, 11) is 4.14. The van der Waals surface area contributed by atoms with Crippen LogP contribution < -0.4 is 5.73 Å². The molecule has 0 radical (unpaired) electrons. The van der Waals surface area contributed by atoms with Crippen LogP contribution in [-0.4, -0.2) is 29.5 Å². The van der Waals surface area contributed by atoms with Crippen molar-refractivity contribution in [3.05, 3.63) is 29.8 Å². The standard InChI is InChI=1S/C15H24FN3/c1-11-4-6-15(7-5-11,19(2)3)14(17)12-8-13(16)10-18-9-12/h8-11,14H,4-7,17H2,1-3H3. The predicted molar refractivity (Wildman–Crippen MR) is 75.2 cm³/mol. The molecule has 1 fully saturated rings. The van der Waals surface area contributed by atoms with Crippen molar-refractivity contribution < 1.29 is 4.39 Å². The minimum Gasteiger partial charge on any atom is -0.322 e. The average molecular weight is 265 g/mol. The maximum Gasteiger partial charge on any atom is 0.141 e. The van der Waals surface area contributed by atoms with Gasteiger partial charge in [0.05, 0.1) is 6.20 Å². The summed E-state index contributed by atoms with van der Waals surface area (Å²) in [6, 6.07) is 1.32. The van der Waals surface area contributed by atoms with Crippen LogP contribution in [0.25, 0.3) is 0 Å². The van der Waals surface area contributed by atoms with Gasteiger partial charge in [0.2, 0.25) is 0 Å². The van der Waals surface area contributed by atoms with E-state index in [1.807, 2.05) is 0 Å². The number of likely N-dealkylation sites (N-methyl/N-ethyl adjacent to an activating group) is 1. The third-order valence-corrected chi connectivity index (χ3v) is 4.69. The molecule has 1 unspecified atom stereocenters. The van der Waals surface area contributed by atoms with Crippen molar-refractivity contribution in [1.29, 1.82) is 0 Å². The monoisotopic (exact) mass is 265 g/mol. The van der Waals surface area contributed by atoms with Crippen molar-refractivity contribution in [2.24, 2.45) is 11.7 Å². The Morgan fingerprint density at radius 3 is 2.53 bits per heavy atom. The molecule has 2 rings (SSSR count). The molecule has 4 heteroatoms. The highest BCUT2D eigenvalue weighted by Crippen LogP contribution is 2.42. The number of hydrogen-bond acceptors (Lipinski definition) is 3. The smallest absolute Gasteiger partial charge is 0.141 e. The zero-order chi connectivity index (χ0) is 14.0. The maximum atomic E-state index is 13.4. The van der Waals surface area contributed by atoms with Crippen molar-refractivity contribution in [2.45, 2.75) is 44.2 Å². The van der Waals surface area contributed by atoms with Gasteiger partial charge in [-0.25, -0.2) is 4.39 Å². The van der Waals surface area contributed by atoms with Gasteiger partial charge in [-0.2, -0.15) is 0 Å². The molecule has 1 heterocycles. The summed E-state index contributed by atoms with van der Waals surface area (Å²) in [6.07, 6.45) is 7.37. The van der Waals surface area contributed by atoms with E-state index in [9.17, 15) is 4.39 Å². The lowest BCUT2D eigenvalue weighted by Gasteiger charge is -2.48. The molecule has 1 saturated carbocycles. The summed E-state index contributed by atoms with van der Waals surface area (Å²) in [5.41, 5.74) is 7.18. The molecule has 1 aromatic heterocycles. The van der Waals surface area contributed by atoms with Crippen LogP contribution in [0.4, 0.5) is 4.39 Å². The Kier molecular flexibility index (Phi) is 4.21. The zero-order valence-corrected chi connectivity index (χ0v) is 12.1. The van der Waals surface area contributed by atoms with E-state index in [1.54, 1.807) is 6.20 Å². The summed E-state index contributed by atoms with van der Waals surface area (Å²) in [5, 5.41) is 0. The van der Waals surface area contributed by atoms with Crippen LogP contribution in [0.5, 0.6) is 0 Å². The Labute approximate surface area is 115 Å². The minimum atomic E-state index is -0.314. The third-order valence-electron chi connectivity index (χ3n) is 4.69. The molecule has 19 heavy (non-hydrogen) atoms. The average Bonchev–Trinajstić information content (AvgIpc) is 2.39. The van der Waals surface area contributed by atoms with Gasteiger partial charge in [-0.1, -0.05) is 6.92 Å². The Hall–Kier alpha value is -1.00. The van der Waals surface area contributed by atoms with Gasteiger partial charge < -0.3 is 10.6 Å². The second-order valence-electron chi connectivity index (χ2n) is 6.09. The van der Waals surface area contributed by atoms with Crippen molar-refractivity contribution in [1.82, 2.24) is 9.88 Å². The molecule has 106 valence electrons. The van der Waals surface area contributed by atoms with Crippen molar-refractivity contribution in [2.75, 3.05) is 14.1 Å². The number of rotatable bonds is 3. The van der Waals surface area contributed by atoms with Gasteiger partial charge >= 0.3 is 0 Å². The lowest BCUT2D eigenvalue weighted by atomic mass is 9.71. The summed E-state index contributed by atoms with van der Waals surface area (Å²) in [4.78, 5) is 6.15. The first-order valence-corrected chi connectivity index (χ1v) is 6.99. The van der Waals surface area contributed by atoms with E-state index in [2.05, 4.69) is 30.9 Å². The number of pyridine rings is 1. The van der Waals surface area contributed by atoms with Crippen LogP contribution in [0.15, 0.2) is 18.5 Å². The summed E-state index contributed by atoms with van der Waals surface area (Å²) >= 11 is 0. The van der Waals surface area contributed by atoms with Gasteiger partial charge in [0.15, 0.2) is 0 Å². The highest BCUT2D eigenvalue weighted by molar-refractivity contribution is 5.20. The minimum absolute atomic E-state index is 0.0814. The quantitative estimate of drug-likeness (QED) is 0.913. The first-order chi connectivity index (χ1) is 8.95. The number of halogens is 1. The first kappa shape index (κ1) is 14.4. The van der Waals surface area contributed by atoms with Crippen LogP contribution in [-0.2, 0) is 0 Å². The fourth-order valence-corrected chi connectivity index (χ4v) is 3.21. The molecule has 2 N–H and O–H groups in total. The van der Waals surface area contributed by atoms with Gasteiger partial charge in [0, 0.05) is 17.8 Å². The van der Waals surface area contributed by atoms with Crippen LogP contribution in [0.1, 0.15) is 44.2 Å². The lowest BCUT2D eigenvalue weighted by Crippen LogP contribution is -2.54. The molecule has 1 aliphatic carbocycles. The molecule has 0 bridgehead atoms. The van der Waals surface area contributed by atoms with Crippen LogP contribution >= 0.6 is 0 Å². The predicted octanol–water partition coefficient (Wildman–Crippen LogP) is 2.73. The fraction of sp³-hybridized carbons (Fsp3) is 0.667. The Balaban J connectivity index is 2.29. The lowest BCUT2D eigenvalue weighted by molar-refractivity contribution is 0.0562. The molecular formula is C15H24FN3. The first-order valence-electron chi connectivity index (χ1n) is 6.99. The Morgan fingerprint density at radius 1 is 1.37 bits per heavy atom. The van der Waals surface area contributed by atoms with Crippen LogP contribution in [0, 0.1) is 11.7 Å². The van der Waals surface area contributed by atoms with E-state index >= 15 is 0 Å². The summed E-state index contributed by atoms with van der Waals surface area (Å²) < 4.78 is 13.4. The van der Waals surface area contributed by atoms with E-state index in [0.29, 0.717) is 0 Å². The highest BCUT2D eigenvalue weighted by Gasteiger charge is 2.42. The molecule has 1 atom stereocenters. The zero-order valence-electron chi connectivity index (χ0n) is 12.1. The largest absolute Gasteiger partial charge is 0.322 e. The molecular weight excluding hydrogens is 241 g/mol. The van der Waals surface area contributed by atoms with Crippen molar-refractivity contribution in [3.8, 4) is 0 Å². The molecule has 1 aliphatic rings.